The van der Waals surface area contributed by atoms with E-state index in [1.165, 1.54) is 11.8 Å². The van der Waals surface area contributed by atoms with Gasteiger partial charge in [0.15, 0.2) is 5.78 Å². The van der Waals surface area contributed by atoms with E-state index in [1.54, 1.807) is 35.2 Å². The van der Waals surface area contributed by atoms with E-state index in [9.17, 15) is 33.9 Å². The van der Waals surface area contributed by atoms with Crippen molar-refractivity contribution < 1.29 is 29.1 Å². The molecule has 19 heteroatoms. The molecule has 1 aromatic carbocycles. The average Bonchev–Trinajstić information content (AvgIpc) is 4.13. The number of aryl methyl sites for hydroxylation is 2. The minimum Gasteiger partial charge on any atom is -0.391 e. The number of benzene rings is 1. The summed E-state index contributed by atoms with van der Waals surface area (Å²) in [6.07, 6.45) is 9.27. The summed E-state index contributed by atoms with van der Waals surface area (Å²) in [5.41, 5.74) is 5.95. The highest BCUT2D eigenvalue weighted by molar-refractivity contribution is 7.13. The Morgan fingerprint density at radius 1 is 0.878 bits per heavy atom. The number of nitrogens with one attached hydrogen (secondary N) is 3. The van der Waals surface area contributed by atoms with Crippen molar-refractivity contribution in [1.82, 2.24) is 44.9 Å². The Hall–Kier alpha value is -6.60. The van der Waals surface area contributed by atoms with Gasteiger partial charge < -0.3 is 35.8 Å². The molecule has 10 rings (SSSR count). The van der Waals surface area contributed by atoms with Gasteiger partial charge in [-0.2, -0.15) is 4.98 Å². The van der Waals surface area contributed by atoms with Gasteiger partial charge in [0.05, 0.1) is 39.6 Å². The van der Waals surface area contributed by atoms with Crippen LogP contribution in [0.5, 0.6) is 0 Å². The summed E-state index contributed by atoms with van der Waals surface area (Å²) in [5, 5.41) is 20.6. The number of ketones is 1. The molecule has 0 radical (unpaired) electrons. The molecular weight excluding hydrogens is 959 g/mol. The Morgan fingerprint density at radius 2 is 1.58 bits per heavy atom. The molecule has 0 bridgehead atoms. The number of thiazole rings is 1. The van der Waals surface area contributed by atoms with Crippen molar-refractivity contribution in [3.63, 3.8) is 0 Å². The summed E-state index contributed by atoms with van der Waals surface area (Å²) in [5.74, 6) is -0.540. The van der Waals surface area contributed by atoms with Gasteiger partial charge in [0, 0.05) is 75.2 Å². The number of pyridine rings is 2. The maximum absolute atomic E-state index is 14.3. The van der Waals surface area contributed by atoms with Crippen LogP contribution in [-0.4, -0.2) is 120 Å². The van der Waals surface area contributed by atoms with Crippen LogP contribution >= 0.6 is 11.3 Å². The van der Waals surface area contributed by atoms with Gasteiger partial charge in [-0.15, -0.1) is 11.3 Å². The molecule has 390 valence electrons. The summed E-state index contributed by atoms with van der Waals surface area (Å²) in [6, 6.07) is 9.96. The van der Waals surface area contributed by atoms with E-state index in [1.807, 2.05) is 74.5 Å². The maximum atomic E-state index is 14.3. The molecule has 74 heavy (non-hydrogen) atoms. The minimum atomic E-state index is -0.905. The Morgan fingerprint density at radius 3 is 2.22 bits per heavy atom. The number of hydrogen-bond acceptors (Lipinski definition) is 14. The standard InChI is InChI=1S/C55H67N11O7S/c1-31-41-28-58-53(62-47(41)66(38-9-7-8-10-38)51(72)44(31)33(3)67)60-43-16-15-39(27-56-43)63-17-19-64(20-18-63)50(71)37-24-55(25-37)22-36(23-55)48(69)61-46(54(4,5)6)52(73)65-29-40(68)21-42(65)49(70)57-26-34-11-13-35(14-12-34)45-32(2)59-30-74-45/h11-16,27-28,30,36-38,40,42,46,68H,7-10,17-26,29H2,1-6H3,(H,57,70)(H,61,69)(H,56,58,60,62)/t36?,37?,40-,42+,46?,55?/m1/s1. The molecule has 4 aromatic heterocycles. The first-order valence-corrected chi connectivity index (χ1v) is 27.0. The van der Waals surface area contributed by atoms with Crippen LogP contribution in [0.3, 0.4) is 0 Å². The number of amides is 4. The van der Waals surface area contributed by atoms with Gasteiger partial charge in [-0.1, -0.05) is 57.9 Å². The normalized spacial score (nSPS) is 23.4. The second-order valence-corrected chi connectivity index (χ2v) is 23.4. The van der Waals surface area contributed by atoms with Crippen LogP contribution in [0.1, 0.15) is 119 Å². The quantitative estimate of drug-likeness (QED) is 0.0959. The summed E-state index contributed by atoms with van der Waals surface area (Å²) in [4.78, 5) is 107. The molecule has 4 amide bonds. The second-order valence-electron chi connectivity index (χ2n) is 22.5. The first-order chi connectivity index (χ1) is 35.4. The van der Waals surface area contributed by atoms with Crippen LogP contribution in [0.2, 0.25) is 0 Å². The van der Waals surface area contributed by atoms with Crippen molar-refractivity contribution in [3.8, 4) is 10.4 Å². The zero-order valence-corrected chi connectivity index (χ0v) is 44.0. The zero-order valence-electron chi connectivity index (χ0n) is 43.1. The lowest BCUT2D eigenvalue weighted by atomic mass is 9.48. The number of anilines is 3. The first-order valence-electron chi connectivity index (χ1n) is 26.1. The molecule has 3 atom stereocenters. The molecule has 2 saturated heterocycles. The molecule has 3 aliphatic carbocycles. The summed E-state index contributed by atoms with van der Waals surface area (Å²) in [7, 11) is 0. The Kier molecular flexibility index (Phi) is 13.9. The monoisotopic (exact) mass is 1030 g/mol. The van der Waals surface area contributed by atoms with Crippen LogP contribution in [0.15, 0.2) is 59.1 Å². The zero-order chi connectivity index (χ0) is 52.2. The van der Waals surface area contributed by atoms with E-state index in [-0.39, 0.29) is 83.3 Å². The number of likely N-dealkylation sites (tertiary alicyclic amines) is 1. The highest BCUT2D eigenvalue weighted by Gasteiger charge is 2.57. The van der Waals surface area contributed by atoms with Gasteiger partial charge >= 0.3 is 0 Å². The van der Waals surface area contributed by atoms with Crippen molar-refractivity contribution >= 4 is 69.2 Å². The first kappa shape index (κ1) is 50.9. The molecule has 1 spiro atoms. The van der Waals surface area contributed by atoms with Gasteiger partial charge in [0.25, 0.3) is 5.56 Å². The number of hydrogen-bond donors (Lipinski definition) is 4. The molecule has 6 heterocycles. The third-order valence-electron chi connectivity index (χ3n) is 16.3. The number of rotatable bonds is 13. The SMILES string of the molecule is CC(=O)c1c(C)c2cnc(Nc3ccc(N4CCN(C(=O)C5CC6(CC(C(=O)NC(C(=O)N7C[C@H](O)C[C@H]7C(=O)NCc7ccc(-c8scnc8C)cc7)C(C)(C)C)C6)C5)CC4)cn3)nc2n(C2CCCC2)c1=O. The number of aromatic nitrogens is 5. The number of aliphatic hydroxyl groups is 1. The van der Waals surface area contributed by atoms with Crippen molar-refractivity contribution in [1.29, 1.82) is 0 Å². The molecule has 5 fully saturated rings. The van der Waals surface area contributed by atoms with E-state index in [4.69, 9.17) is 4.98 Å². The lowest BCUT2D eigenvalue weighted by Gasteiger charge is -2.57. The van der Waals surface area contributed by atoms with E-state index in [2.05, 4.69) is 35.8 Å². The molecule has 18 nitrogen and oxygen atoms in total. The van der Waals surface area contributed by atoms with Gasteiger partial charge in [-0.25, -0.2) is 15.0 Å². The summed E-state index contributed by atoms with van der Waals surface area (Å²) < 4.78 is 1.69. The van der Waals surface area contributed by atoms with Crippen LogP contribution in [0.4, 0.5) is 17.5 Å². The second kappa shape index (κ2) is 20.3. The van der Waals surface area contributed by atoms with Crippen molar-refractivity contribution in [2.75, 3.05) is 42.9 Å². The van der Waals surface area contributed by atoms with E-state index >= 15 is 0 Å². The molecule has 5 aliphatic rings. The largest absolute Gasteiger partial charge is 0.391 e. The third kappa shape index (κ3) is 10.0. The lowest BCUT2D eigenvalue weighted by Crippen LogP contribution is -2.61. The fourth-order valence-corrected chi connectivity index (χ4v) is 13.0. The summed E-state index contributed by atoms with van der Waals surface area (Å²) >= 11 is 1.58. The topological polar surface area (TPSA) is 225 Å². The smallest absolute Gasteiger partial charge is 0.263 e. The van der Waals surface area contributed by atoms with Crippen LogP contribution in [0, 0.1) is 36.5 Å². The fraction of sp³-hybridized carbons (Fsp3) is 0.527. The van der Waals surface area contributed by atoms with Crippen LogP contribution < -0.4 is 26.4 Å². The number of aliphatic hydroxyl groups excluding tert-OH is 1. The average molecular weight is 1030 g/mol. The number of nitrogens with zero attached hydrogens (tertiary/aromatic N) is 8. The minimum absolute atomic E-state index is 0.00477. The fourth-order valence-electron chi connectivity index (χ4n) is 12.2. The van der Waals surface area contributed by atoms with Crippen molar-refractivity contribution in [3.05, 3.63) is 87.0 Å². The van der Waals surface area contributed by atoms with Gasteiger partial charge in [-0.3, -0.25) is 33.3 Å². The van der Waals surface area contributed by atoms with Crippen molar-refractivity contribution in [2.45, 2.75) is 130 Å². The lowest BCUT2D eigenvalue weighted by molar-refractivity contribution is -0.158. The number of β-amino-alcohol motifs (C(OH)–C–C–N with tert-alkyl or cyclic N) is 1. The maximum Gasteiger partial charge on any atom is 0.263 e. The predicted octanol–water partition coefficient (Wildman–Crippen LogP) is 6.25. The highest BCUT2D eigenvalue weighted by Crippen LogP contribution is 2.61. The molecule has 3 saturated carbocycles. The van der Waals surface area contributed by atoms with Gasteiger partial charge in [0.2, 0.25) is 29.6 Å². The van der Waals surface area contributed by atoms with Gasteiger partial charge in [0.1, 0.15) is 23.5 Å². The Bertz CT molecular complexity index is 3030. The van der Waals surface area contributed by atoms with E-state index < -0.39 is 23.6 Å². The molecule has 2 aliphatic heterocycles. The van der Waals surface area contributed by atoms with E-state index in [0.717, 1.165) is 65.9 Å². The molecular formula is C55H67N11O7S. The van der Waals surface area contributed by atoms with Gasteiger partial charge in [-0.05, 0) is 98.9 Å². The predicted molar refractivity (Wildman–Crippen MR) is 282 cm³/mol. The Balaban J connectivity index is 0.683. The summed E-state index contributed by atoms with van der Waals surface area (Å²) in [6.45, 7) is 13.6. The van der Waals surface area contributed by atoms with Crippen molar-refractivity contribution in [2.24, 2.45) is 22.7 Å². The number of carbonyl (C=O) groups is 5. The molecule has 4 N–H and O–H groups in total. The number of fused-ring (bicyclic) bond motifs is 1. The number of piperazine rings is 1. The number of Topliss-reactive ketones (excluding diaryl/α,β-unsaturated/α-hetero) is 1. The van der Waals surface area contributed by atoms with Crippen LogP contribution in [0.25, 0.3) is 21.5 Å². The molecule has 5 aromatic rings. The Labute approximate surface area is 434 Å². The van der Waals surface area contributed by atoms with E-state index in [0.29, 0.717) is 67.4 Å². The third-order valence-corrected chi connectivity index (χ3v) is 17.3. The molecule has 1 unspecified atom stereocenters. The van der Waals surface area contributed by atoms with Crippen LogP contribution in [-0.2, 0) is 25.7 Å². The number of carbonyl (C=O) groups excluding carboxylic acids is 5. The highest BCUT2D eigenvalue weighted by atomic mass is 32.1.